The third-order valence-corrected chi connectivity index (χ3v) is 8.13. The fourth-order valence-corrected chi connectivity index (χ4v) is 5.27. The third kappa shape index (κ3) is 6.69. The normalized spacial score (nSPS) is 29.0. The summed E-state index contributed by atoms with van der Waals surface area (Å²) in [5, 5.41) is 28.6. The van der Waals surface area contributed by atoms with Crippen LogP contribution >= 0.6 is 11.3 Å². The van der Waals surface area contributed by atoms with Crippen molar-refractivity contribution in [2.75, 3.05) is 0 Å². The van der Waals surface area contributed by atoms with Gasteiger partial charge in [-0.25, -0.2) is 4.98 Å². The number of nitrogens with zero attached hydrogens (tertiary/aromatic N) is 2. The van der Waals surface area contributed by atoms with Crippen molar-refractivity contribution in [3.8, 4) is 0 Å². The van der Waals surface area contributed by atoms with E-state index in [0.717, 1.165) is 28.3 Å². The summed E-state index contributed by atoms with van der Waals surface area (Å²) in [4.78, 5) is 30.7. The number of aliphatic hydroxyl groups excluding tert-OH is 2. The molecule has 0 radical (unpaired) electrons. The molecule has 198 valence electrons. The van der Waals surface area contributed by atoms with Gasteiger partial charge in [-0.1, -0.05) is 32.9 Å². The van der Waals surface area contributed by atoms with E-state index in [-0.39, 0.29) is 18.1 Å². The van der Waals surface area contributed by atoms with Crippen LogP contribution in [0.5, 0.6) is 0 Å². The van der Waals surface area contributed by atoms with Gasteiger partial charge in [-0.15, -0.1) is 11.3 Å². The Hall–Kier alpha value is -2.36. The lowest BCUT2D eigenvalue weighted by Gasteiger charge is -2.34. The number of carbonyl (C=O) groups excluding carboxylic acids is 2. The number of Topliss-reactive ketones (excluding diaryl/α,β-unsaturated/α-hetero) is 1. The second-order valence-electron chi connectivity index (χ2n) is 10.6. The van der Waals surface area contributed by atoms with Gasteiger partial charge in [-0.2, -0.15) is 0 Å². The molecule has 0 unspecified atom stereocenters. The summed E-state index contributed by atoms with van der Waals surface area (Å²) in [5.41, 5.74) is 1.26. The summed E-state index contributed by atoms with van der Waals surface area (Å²) >= 11 is 1.54. The highest BCUT2D eigenvalue weighted by Gasteiger charge is 2.42. The molecule has 0 saturated heterocycles. The number of aliphatic hydroxyl groups is 2. The van der Waals surface area contributed by atoms with Gasteiger partial charge in [-0.3, -0.25) is 9.59 Å². The Kier molecular flexibility index (Phi) is 9.24. The van der Waals surface area contributed by atoms with Gasteiger partial charge in [0.15, 0.2) is 0 Å². The van der Waals surface area contributed by atoms with Gasteiger partial charge in [0.05, 0.1) is 40.9 Å². The summed E-state index contributed by atoms with van der Waals surface area (Å²) in [7, 11) is 0. The molecule has 3 rings (SSSR count). The average Bonchev–Trinajstić information content (AvgIpc) is 3.44. The van der Waals surface area contributed by atoms with E-state index in [1.54, 1.807) is 27.0 Å². The fourth-order valence-electron chi connectivity index (χ4n) is 4.70. The van der Waals surface area contributed by atoms with E-state index in [1.807, 2.05) is 32.2 Å². The number of ketones is 1. The Morgan fingerprint density at radius 3 is 2.61 bits per heavy atom. The lowest BCUT2D eigenvalue weighted by molar-refractivity contribution is -0.154. The summed E-state index contributed by atoms with van der Waals surface area (Å²) in [6, 6.07) is 0. The topological polar surface area (TPSA) is 123 Å². The molecule has 0 spiro atoms. The number of hydrogen-bond donors (Lipinski definition) is 2. The van der Waals surface area contributed by atoms with Gasteiger partial charge in [0.1, 0.15) is 17.6 Å². The van der Waals surface area contributed by atoms with Crippen LogP contribution in [0.1, 0.15) is 75.9 Å². The van der Waals surface area contributed by atoms with Gasteiger partial charge in [0.2, 0.25) is 0 Å². The second kappa shape index (κ2) is 11.8. The van der Waals surface area contributed by atoms with Gasteiger partial charge in [-0.05, 0) is 50.7 Å². The Morgan fingerprint density at radius 2 is 1.94 bits per heavy atom. The van der Waals surface area contributed by atoms with Crippen LogP contribution in [0.15, 0.2) is 21.7 Å². The minimum Gasteiger partial charge on any atom is -0.457 e. The lowest BCUT2D eigenvalue weighted by atomic mass is 9.73. The van der Waals surface area contributed by atoms with Crippen LogP contribution < -0.4 is 0 Å². The molecule has 5 atom stereocenters. The van der Waals surface area contributed by atoms with Crippen LogP contribution in [0, 0.1) is 24.2 Å². The monoisotopic (exact) mass is 518 g/mol. The smallest absolute Gasteiger partial charge is 0.309 e. The van der Waals surface area contributed by atoms with Crippen LogP contribution in [-0.2, 0) is 27.2 Å². The van der Waals surface area contributed by atoms with Crippen molar-refractivity contribution in [1.29, 1.82) is 0 Å². The van der Waals surface area contributed by atoms with E-state index in [0.29, 0.717) is 25.0 Å². The van der Waals surface area contributed by atoms with Crippen molar-refractivity contribution in [3.63, 3.8) is 0 Å². The minimum atomic E-state index is -1.26. The van der Waals surface area contributed by atoms with Crippen LogP contribution in [-0.4, -0.2) is 50.4 Å². The predicted molar refractivity (Wildman–Crippen MR) is 137 cm³/mol. The lowest BCUT2D eigenvalue weighted by Crippen LogP contribution is -2.45. The van der Waals surface area contributed by atoms with E-state index < -0.39 is 35.6 Å². The van der Waals surface area contributed by atoms with Gasteiger partial charge >= 0.3 is 5.97 Å². The number of aromatic nitrogens is 2. The average molecular weight is 519 g/mol. The van der Waals surface area contributed by atoms with E-state index in [4.69, 9.17) is 9.26 Å². The van der Waals surface area contributed by atoms with E-state index in [1.165, 1.54) is 11.3 Å². The number of cyclic esters (lactones) is 1. The molecule has 0 aromatic carbocycles. The van der Waals surface area contributed by atoms with E-state index in [9.17, 15) is 19.8 Å². The van der Waals surface area contributed by atoms with Crippen LogP contribution in [0.2, 0.25) is 0 Å². The SMILES string of the molecule is C/C(=C\c1csc(C)n1)[C@@H]1Cc2oncc2CCC[C@H](C)[C@H](O)[C@@H](C)C(=O)C(C)(C)[C@@H](O)CC(=O)O1. The first kappa shape index (κ1) is 28.2. The summed E-state index contributed by atoms with van der Waals surface area (Å²) in [6.45, 7) is 10.6. The molecule has 2 N–H and O–H groups in total. The number of esters is 1. The fraction of sp³-hybridized carbons (Fsp3) is 0.630. The number of rotatable bonds is 2. The highest BCUT2D eigenvalue weighted by Crippen LogP contribution is 2.32. The molecule has 2 aromatic heterocycles. The number of thiazole rings is 1. The number of ether oxygens (including phenoxy) is 1. The second-order valence-corrected chi connectivity index (χ2v) is 11.7. The molecule has 1 aliphatic heterocycles. The highest BCUT2D eigenvalue weighted by molar-refractivity contribution is 7.09. The number of aryl methyl sites for hydroxylation is 2. The minimum absolute atomic E-state index is 0.113. The van der Waals surface area contributed by atoms with Gasteiger partial charge in [0.25, 0.3) is 0 Å². The zero-order valence-corrected chi connectivity index (χ0v) is 22.8. The third-order valence-electron chi connectivity index (χ3n) is 7.34. The Balaban J connectivity index is 1.93. The molecule has 8 nitrogen and oxygen atoms in total. The summed E-state index contributed by atoms with van der Waals surface area (Å²) < 4.78 is 11.4. The van der Waals surface area contributed by atoms with Crippen molar-refractivity contribution < 1.29 is 29.1 Å². The molecular weight excluding hydrogens is 480 g/mol. The predicted octanol–water partition coefficient (Wildman–Crippen LogP) is 4.31. The molecule has 0 amide bonds. The first-order valence-corrected chi connectivity index (χ1v) is 13.4. The molecule has 9 heteroatoms. The molecule has 0 fully saturated rings. The van der Waals surface area contributed by atoms with Crippen molar-refractivity contribution >= 4 is 29.2 Å². The van der Waals surface area contributed by atoms with E-state index >= 15 is 0 Å². The Labute approximate surface area is 216 Å². The number of carbonyl (C=O) groups is 2. The maximum atomic E-state index is 13.2. The summed E-state index contributed by atoms with van der Waals surface area (Å²) in [5.74, 6) is -1.05. The molecule has 0 aliphatic carbocycles. The standard InChI is InChI=1S/C27H38N2O6S/c1-15-8-7-9-19-13-28-35-22(19)11-21(16(2)10-20-14-36-18(4)29-20)34-24(31)12-23(30)27(5,6)26(33)17(3)25(15)32/h10,13-15,17,21,23,25,30,32H,7-9,11-12H2,1-6H3/b16-10+/t15-,17+,21-,23-,25-/m0/s1. The zero-order chi connectivity index (χ0) is 26.6. The van der Waals surface area contributed by atoms with E-state index in [2.05, 4.69) is 10.1 Å². The molecule has 36 heavy (non-hydrogen) atoms. The Bertz CT molecular complexity index is 1090. The zero-order valence-electron chi connectivity index (χ0n) is 22.0. The van der Waals surface area contributed by atoms with Crippen LogP contribution in [0.3, 0.4) is 0 Å². The van der Waals surface area contributed by atoms with Crippen LogP contribution in [0.25, 0.3) is 6.08 Å². The number of fused-ring (bicyclic) bond motifs is 1. The molecule has 1 aliphatic rings. The molecular formula is C27H38N2O6S. The van der Waals surface area contributed by atoms with Crippen LogP contribution in [0.4, 0.5) is 0 Å². The first-order valence-electron chi connectivity index (χ1n) is 12.5. The largest absolute Gasteiger partial charge is 0.457 e. The van der Waals surface area contributed by atoms with Gasteiger partial charge in [0, 0.05) is 23.3 Å². The Morgan fingerprint density at radius 1 is 1.22 bits per heavy atom. The quantitative estimate of drug-likeness (QED) is 0.564. The van der Waals surface area contributed by atoms with Crippen molar-refractivity contribution in [3.05, 3.63) is 39.2 Å². The highest BCUT2D eigenvalue weighted by atomic mass is 32.1. The van der Waals surface area contributed by atoms with Crippen molar-refractivity contribution in [1.82, 2.24) is 10.1 Å². The summed E-state index contributed by atoms with van der Waals surface area (Å²) in [6.07, 6.45) is 2.93. The molecule has 3 heterocycles. The number of hydrogen-bond acceptors (Lipinski definition) is 9. The van der Waals surface area contributed by atoms with Crippen molar-refractivity contribution in [2.45, 2.75) is 92.0 Å². The molecule has 2 aromatic rings. The molecule has 0 bridgehead atoms. The maximum absolute atomic E-state index is 13.2. The maximum Gasteiger partial charge on any atom is 0.309 e. The van der Waals surface area contributed by atoms with Crippen molar-refractivity contribution in [2.24, 2.45) is 17.3 Å². The first-order chi connectivity index (χ1) is 16.9. The van der Waals surface area contributed by atoms with Gasteiger partial charge < -0.3 is 19.5 Å². The molecule has 0 saturated carbocycles.